The van der Waals surface area contributed by atoms with Gasteiger partial charge in [0, 0.05) is 37.9 Å². The van der Waals surface area contributed by atoms with E-state index < -0.39 is 0 Å². The molecule has 1 saturated heterocycles. The molecule has 0 N–H and O–H groups in total. The third-order valence-corrected chi connectivity index (χ3v) is 4.07. The minimum Gasteiger partial charge on any atom is -0.497 e. The van der Waals surface area contributed by atoms with Gasteiger partial charge >= 0.3 is 0 Å². The Morgan fingerprint density at radius 2 is 1.85 bits per heavy atom. The van der Waals surface area contributed by atoms with Crippen LogP contribution in [0.3, 0.4) is 0 Å². The van der Waals surface area contributed by atoms with Crippen molar-refractivity contribution in [2.75, 3.05) is 38.2 Å². The summed E-state index contributed by atoms with van der Waals surface area (Å²) in [6.45, 7) is 6.28. The highest BCUT2D eigenvalue weighted by Crippen LogP contribution is 2.21. The third kappa shape index (κ3) is 3.43. The van der Waals surface area contributed by atoms with E-state index in [9.17, 15) is 0 Å². The number of hydrogen-bond acceptors (Lipinski definition) is 4. The van der Waals surface area contributed by atoms with Crippen LogP contribution in [0.4, 0.5) is 5.69 Å². The van der Waals surface area contributed by atoms with E-state index in [4.69, 9.17) is 10.00 Å². The van der Waals surface area contributed by atoms with E-state index in [1.807, 2.05) is 12.1 Å². The van der Waals surface area contributed by atoms with Crippen LogP contribution in [-0.4, -0.2) is 44.2 Å². The molecule has 1 unspecified atom stereocenters. The van der Waals surface area contributed by atoms with Gasteiger partial charge in [-0.2, -0.15) is 5.26 Å². The summed E-state index contributed by atoms with van der Waals surface area (Å²) >= 11 is 0. The summed E-state index contributed by atoms with van der Waals surface area (Å²) in [7, 11) is 1.69. The number of piperazine rings is 1. The highest BCUT2D eigenvalue weighted by atomic mass is 16.5. The molecule has 20 heavy (non-hydrogen) atoms. The second-order valence-electron chi connectivity index (χ2n) is 5.15. The predicted molar refractivity (Wildman–Crippen MR) is 81.1 cm³/mol. The van der Waals surface area contributed by atoms with Crippen LogP contribution in [0.2, 0.25) is 0 Å². The molecule has 1 aromatic carbocycles. The topological polar surface area (TPSA) is 39.5 Å². The monoisotopic (exact) mass is 273 g/mol. The molecule has 2 rings (SSSR count). The first-order chi connectivity index (χ1) is 9.78. The van der Waals surface area contributed by atoms with E-state index in [2.05, 4.69) is 34.9 Å². The number of nitrogens with zero attached hydrogens (tertiary/aromatic N) is 3. The van der Waals surface area contributed by atoms with Crippen molar-refractivity contribution in [3.05, 3.63) is 24.3 Å². The second kappa shape index (κ2) is 7.16. The minimum absolute atomic E-state index is 0.415. The summed E-state index contributed by atoms with van der Waals surface area (Å²) in [5, 5.41) is 8.88. The quantitative estimate of drug-likeness (QED) is 0.826. The molecule has 4 nitrogen and oxygen atoms in total. The number of ether oxygens (including phenoxy) is 1. The molecule has 1 aliphatic rings. The molecule has 1 heterocycles. The summed E-state index contributed by atoms with van der Waals surface area (Å²) in [5.74, 6) is 0.896. The zero-order valence-electron chi connectivity index (χ0n) is 12.4. The lowest BCUT2D eigenvalue weighted by molar-refractivity contribution is 0.182. The van der Waals surface area contributed by atoms with Gasteiger partial charge in [0.1, 0.15) is 5.75 Å². The van der Waals surface area contributed by atoms with Crippen molar-refractivity contribution in [2.24, 2.45) is 0 Å². The van der Waals surface area contributed by atoms with Crippen LogP contribution in [0, 0.1) is 11.3 Å². The first kappa shape index (κ1) is 14.7. The van der Waals surface area contributed by atoms with Gasteiger partial charge in [0.15, 0.2) is 0 Å². The third-order valence-electron chi connectivity index (χ3n) is 4.07. The molecule has 1 fully saturated rings. The molecule has 0 amide bonds. The van der Waals surface area contributed by atoms with Gasteiger partial charge in [0.25, 0.3) is 0 Å². The molecule has 0 spiro atoms. The highest BCUT2D eigenvalue weighted by molar-refractivity contribution is 5.49. The molecule has 4 heteroatoms. The van der Waals surface area contributed by atoms with Crippen LogP contribution >= 0.6 is 0 Å². The Balaban J connectivity index is 1.91. The lowest BCUT2D eigenvalue weighted by Crippen LogP contribution is -2.50. The highest BCUT2D eigenvalue weighted by Gasteiger charge is 2.22. The largest absolute Gasteiger partial charge is 0.497 e. The summed E-state index contributed by atoms with van der Waals surface area (Å²) in [5.41, 5.74) is 1.25. The maximum atomic E-state index is 8.88. The Labute approximate surface area is 121 Å². The Bertz CT molecular complexity index is 444. The molecule has 1 atom stereocenters. The average molecular weight is 273 g/mol. The summed E-state index contributed by atoms with van der Waals surface area (Å²) in [4.78, 5) is 4.85. The fourth-order valence-electron chi connectivity index (χ4n) is 2.78. The summed E-state index contributed by atoms with van der Waals surface area (Å²) < 4.78 is 5.19. The summed E-state index contributed by atoms with van der Waals surface area (Å²) in [6, 6.07) is 11.0. The lowest BCUT2D eigenvalue weighted by atomic mass is 10.1. The van der Waals surface area contributed by atoms with E-state index in [1.54, 1.807) is 7.11 Å². The van der Waals surface area contributed by atoms with E-state index in [1.165, 1.54) is 5.69 Å². The fraction of sp³-hybridized carbons (Fsp3) is 0.562. The van der Waals surface area contributed by atoms with Crippen LogP contribution in [0.15, 0.2) is 24.3 Å². The summed E-state index contributed by atoms with van der Waals surface area (Å²) in [6.07, 6.45) is 1.69. The minimum atomic E-state index is 0.415. The Hall–Kier alpha value is -1.73. The zero-order valence-corrected chi connectivity index (χ0v) is 12.4. The van der Waals surface area contributed by atoms with E-state index in [0.717, 1.165) is 38.3 Å². The van der Waals surface area contributed by atoms with E-state index in [-0.39, 0.29) is 0 Å². The van der Waals surface area contributed by atoms with Gasteiger partial charge in [-0.05, 0) is 30.7 Å². The smallest absolute Gasteiger partial charge is 0.119 e. The first-order valence-electron chi connectivity index (χ1n) is 7.28. The molecule has 0 saturated carbocycles. The van der Waals surface area contributed by atoms with Crippen molar-refractivity contribution < 1.29 is 4.74 Å². The average Bonchev–Trinajstić information content (AvgIpc) is 2.53. The maximum absolute atomic E-state index is 8.88. The van der Waals surface area contributed by atoms with Gasteiger partial charge in [0.05, 0.1) is 19.6 Å². The van der Waals surface area contributed by atoms with E-state index in [0.29, 0.717) is 12.5 Å². The molecule has 0 radical (unpaired) electrons. The van der Waals surface area contributed by atoms with Crippen LogP contribution in [-0.2, 0) is 0 Å². The zero-order chi connectivity index (χ0) is 14.4. The van der Waals surface area contributed by atoms with Crippen molar-refractivity contribution in [2.45, 2.75) is 25.8 Å². The molecule has 0 aromatic heterocycles. The van der Waals surface area contributed by atoms with Crippen LogP contribution < -0.4 is 9.64 Å². The molecule has 1 aromatic rings. The SMILES string of the molecule is CCC(CC#N)N1CCN(c2ccc(OC)cc2)CC1. The van der Waals surface area contributed by atoms with Crippen molar-refractivity contribution in [1.29, 1.82) is 5.26 Å². The molecular formula is C16H23N3O. The number of benzene rings is 1. The Morgan fingerprint density at radius 1 is 1.20 bits per heavy atom. The van der Waals surface area contributed by atoms with Crippen LogP contribution in [0.1, 0.15) is 19.8 Å². The normalized spacial score (nSPS) is 17.6. The van der Waals surface area contributed by atoms with E-state index >= 15 is 0 Å². The van der Waals surface area contributed by atoms with Gasteiger partial charge in [-0.25, -0.2) is 0 Å². The van der Waals surface area contributed by atoms with Crippen molar-refractivity contribution >= 4 is 5.69 Å². The maximum Gasteiger partial charge on any atom is 0.119 e. The Kier molecular flexibility index (Phi) is 5.25. The van der Waals surface area contributed by atoms with Gasteiger partial charge in [-0.3, -0.25) is 4.90 Å². The van der Waals surface area contributed by atoms with Crippen LogP contribution in [0.25, 0.3) is 0 Å². The molecule has 108 valence electrons. The number of anilines is 1. The molecule has 0 aliphatic carbocycles. The van der Waals surface area contributed by atoms with Crippen molar-refractivity contribution in [3.8, 4) is 11.8 Å². The molecule has 1 aliphatic heterocycles. The Morgan fingerprint density at radius 3 is 2.35 bits per heavy atom. The number of hydrogen-bond donors (Lipinski definition) is 0. The van der Waals surface area contributed by atoms with Crippen molar-refractivity contribution in [1.82, 2.24) is 4.90 Å². The number of rotatable bonds is 5. The first-order valence-corrected chi connectivity index (χ1v) is 7.28. The van der Waals surface area contributed by atoms with Gasteiger partial charge in [-0.1, -0.05) is 6.92 Å². The predicted octanol–water partition coefficient (Wildman–Crippen LogP) is 2.51. The number of nitriles is 1. The number of methoxy groups -OCH3 is 1. The standard InChI is InChI=1S/C16H23N3O/c1-3-14(8-9-17)18-10-12-19(13-11-18)15-4-6-16(20-2)7-5-15/h4-7,14H,3,8,10-13H2,1-2H3. The van der Waals surface area contributed by atoms with Gasteiger partial charge in [-0.15, -0.1) is 0 Å². The second-order valence-corrected chi connectivity index (χ2v) is 5.15. The van der Waals surface area contributed by atoms with Crippen molar-refractivity contribution in [3.63, 3.8) is 0 Å². The molecule has 0 bridgehead atoms. The van der Waals surface area contributed by atoms with Crippen LogP contribution in [0.5, 0.6) is 5.75 Å². The lowest BCUT2D eigenvalue weighted by Gasteiger charge is -2.39. The fourth-order valence-corrected chi connectivity index (χ4v) is 2.78. The van der Waals surface area contributed by atoms with Gasteiger partial charge < -0.3 is 9.64 Å². The van der Waals surface area contributed by atoms with Gasteiger partial charge in [0.2, 0.25) is 0 Å². The molecular weight excluding hydrogens is 250 g/mol.